The van der Waals surface area contributed by atoms with E-state index in [1.165, 1.54) is 0 Å². The molecule has 128 valence electrons. The topological polar surface area (TPSA) is 58.1 Å². The van der Waals surface area contributed by atoms with Gasteiger partial charge in [-0.05, 0) is 25.0 Å². The monoisotopic (exact) mass is 318 g/mol. The van der Waals surface area contributed by atoms with Gasteiger partial charge in [-0.2, -0.15) is 5.10 Å². The molecule has 1 aromatic heterocycles. The molecule has 0 radical (unpaired) electrons. The molecule has 2 rings (SSSR count). The predicted octanol–water partition coefficient (Wildman–Crippen LogP) is 2.91. The second-order valence-corrected chi connectivity index (χ2v) is 8.51. The fourth-order valence-corrected chi connectivity index (χ4v) is 2.55. The third-order valence-electron chi connectivity index (χ3n) is 4.25. The zero-order chi connectivity index (χ0) is 17.3. The lowest BCUT2D eigenvalue weighted by molar-refractivity contribution is -0.129. The van der Waals surface area contributed by atoms with E-state index in [1.807, 2.05) is 20.8 Å². The van der Waals surface area contributed by atoms with Gasteiger partial charge in [0, 0.05) is 30.0 Å². The van der Waals surface area contributed by atoms with E-state index in [9.17, 15) is 4.79 Å². The molecule has 0 saturated carbocycles. The highest BCUT2D eigenvalue weighted by Gasteiger charge is 2.27. The predicted molar refractivity (Wildman–Crippen MR) is 93.6 cm³/mol. The van der Waals surface area contributed by atoms with Crippen molar-refractivity contribution in [2.45, 2.75) is 65.8 Å². The quantitative estimate of drug-likeness (QED) is 0.911. The molecule has 0 aromatic carbocycles. The van der Waals surface area contributed by atoms with Gasteiger partial charge in [-0.3, -0.25) is 4.79 Å². The maximum atomic E-state index is 12.1. The van der Waals surface area contributed by atoms with Crippen LogP contribution in [0.4, 0.5) is 5.82 Å². The first-order valence-electron chi connectivity index (χ1n) is 8.47. The Morgan fingerprint density at radius 1 is 1.09 bits per heavy atom. The van der Waals surface area contributed by atoms with E-state index in [0.717, 1.165) is 37.4 Å². The van der Waals surface area contributed by atoms with Crippen LogP contribution in [0.25, 0.3) is 0 Å². The van der Waals surface area contributed by atoms with Crippen LogP contribution in [0, 0.1) is 5.41 Å². The Kier molecular flexibility index (Phi) is 4.97. The highest BCUT2D eigenvalue weighted by molar-refractivity contribution is 5.81. The molecular weight excluding hydrogens is 288 g/mol. The number of nitrogens with zero attached hydrogens (tertiary/aromatic N) is 3. The molecule has 1 amide bonds. The Balaban J connectivity index is 1.91. The van der Waals surface area contributed by atoms with Gasteiger partial charge in [-0.15, -0.1) is 5.10 Å². The van der Waals surface area contributed by atoms with Crippen molar-refractivity contribution in [3.8, 4) is 0 Å². The summed E-state index contributed by atoms with van der Waals surface area (Å²) in [7, 11) is 0. The SMILES string of the molecule is CC(C)(C)C(=O)NC1CCN(c2ccc(C(C)(C)C)nn2)CC1. The van der Waals surface area contributed by atoms with Crippen molar-refractivity contribution >= 4 is 11.7 Å². The number of anilines is 1. The van der Waals surface area contributed by atoms with Gasteiger partial charge in [0.2, 0.25) is 5.91 Å². The standard InChI is InChI=1S/C18H30N4O/c1-17(2,3)14-7-8-15(21-20-14)22-11-9-13(10-12-22)19-16(23)18(4,5)6/h7-8,13H,9-12H2,1-6H3,(H,19,23). The largest absolute Gasteiger partial charge is 0.355 e. The lowest BCUT2D eigenvalue weighted by Crippen LogP contribution is -2.48. The van der Waals surface area contributed by atoms with Gasteiger partial charge in [0.15, 0.2) is 5.82 Å². The van der Waals surface area contributed by atoms with Crippen LogP contribution in [-0.2, 0) is 10.2 Å². The Bertz CT molecular complexity index is 532. The van der Waals surface area contributed by atoms with Crippen molar-refractivity contribution in [2.24, 2.45) is 5.41 Å². The summed E-state index contributed by atoms with van der Waals surface area (Å²) in [4.78, 5) is 14.3. The third kappa shape index (κ3) is 4.66. The molecule has 1 saturated heterocycles. The molecule has 1 N–H and O–H groups in total. The lowest BCUT2D eigenvalue weighted by atomic mass is 9.92. The molecule has 0 atom stereocenters. The van der Waals surface area contributed by atoms with E-state index >= 15 is 0 Å². The zero-order valence-electron chi connectivity index (χ0n) is 15.3. The maximum Gasteiger partial charge on any atom is 0.225 e. The number of aromatic nitrogens is 2. The average Bonchev–Trinajstić information content (AvgIpc) is 2.46. The first-order valence-corrected chi connectivity index (χ1v) is 8.47. The van der Waals surface area contributed by atoms with E-state index < -0.39 is 0 Å². The molecule has 23 heavy (non-hydrogen) atoms. The number of piperidine rings is 1. The number of hydrogen-bond acceptors (Lipinski definition) is 4. The third-order valence-corrected chi connectivity index (χ3v) is 4.25. The van der Waals surface area contributed by atoms with Crippen molar-refractivity contribution in [1.29, 1.82) is 0 Å². The van der Waals surface area contributed by atoms with Crippen LogP contribution in [0.3, 0.4) is 0 Å². The van der Waals surface area contributed by atoms with Crippen LogP contribution in [0.1, 0.15) is 60.1 Å². The fourth-order valence-electron chi connectivity index (χ4n) is 2.55. The summed E-state index contributed by atoms with van der Waals surface area (Å²) in [5.74, 6) is 1.06. The van der Waals surface area contributed by atoms with Gasteiger partial charge in [-0.1, -0.05) is 41.5 Å². The summed E-state index contributed by atoms with van der Waals surface area (Å²) in [6.45, 7) is 14.1. The molecule has 2 heterocycles. The molecule has 1 aromatic rings. The number of amides is 1. The highest BCUT2D eigenvalue weighted by atomic mass is 16.2. The van der Waals surface area contributed by atoms with E-state index in [0.29, 0.717) is 0 Å². The summed E-state index contributed by atoms with van der Waals surface area (Å²) in [5.41, 5.74) is 0.704. The van der Waals surface area contributed by atoms with Gasteiger partial charge in [0.05, 0.1) is 5.69 Å². The summed E-state index contributed by atoms with van der Waals surface area (Å²) in [6, 6.07) is 4.39. The van der Waals surface area contributed by atoms with E-state index in [2.05, 4.69) is 53.3 Å². The second kappa shape index (κ2) is 6.46. The van der Waals surface area contributed by atoms with E-state index in [1.54, 1.807) is 0 Å². The van der Waals surface area contributed by atoms with Crippen molar-refractivity contribution in [3.05, 3.63) is 17.8 Å². The van der Waals surface area contributed by atoms with Crippen LogP contribution < -0.4 is 10.2 Å². The summed E-state index contributed by atoms with van der Waals surface area (Å²) in [5, 5.41) is 11.9. The first-order chi connectivity index (χ1) is 10.6. The minimum absolute atomic E-state index is 0.0236. The van der Waals surface area contributed by atoms with Gasteiger partial charge < -0.3 is 10.2 Å². The number of carbonyl (C=O) groups excluding carboxylic acids is 1. The molecule has 1 aliphatic heterocycles. The first kappa shape index (κ1) is 17.7. The molecule has 0 bridgehead atoms. The normalized spacial score (nSPS) is 17.2. The van der Waals surface area contributed by atoms with E-state index in [4.69, 9.17) is 0 Å². The zero-order valence-corrected chi connectivity index (χ0v) is 15.3. The van der Waals surface area contributed by atoms with Crippen LogP contribution in [0.5, 0.6) is 0 Å². The number of rotatable bonds is 2. The summed E-state index contributed by atoms with van der Waals surface area (Å²) < 4.78 is 0. The molecule has 5 nitrogen and oxygen atoms in total. The molecule has 1 fully saturated rings. The van der Waals surface area contributed by atoms with Crippen molar-refractivity contribution in [2.75, 3.05) is 18.0 Å². The van der Waals surface area contributed by atoms with Gasteiger partial charge in [0.1, 0.15) is 0 Å². The lowest BCUT2D eigenvalue weighted by Gasteiger charge is -2.34. The van der Waals surface area contributed by atoms with E-state index in [-0.39, 0.29) is 22.8 Å². The minimum atomic E-state index is -0.328. The Hall–Kier alpha value is -1.65. The molecule has 5 heteroatoms. The van der Waals surface area contributed by atoms with Gasteiger partial charge in [-0.25, -0.2) is 0 Å². The smallest absolute Gasteiger partial charge is 0.225 e. The molecule has 1 aliphatic rings. The average molecular weight is 318 g/mol. The van der Waals surface area contributed by atoms with Crippen LogP contribution in [0.15, 0.2) is 12.1 Å². The number of nitrogens with one attached hydrogen (secondary N) is 1. The van der Waals surface area contributed by atoms with Crippen molar-refractivity contribution < 1.29 is 4.79 Å². The molecule has 0 aliphatic carbocycles. The molecule has 0 unspecified atom stereocenters. The maximum absolute atomic E-state index is 12.1. The Morgan fingerprint density at radius 2 is 1.70 bits per heavy atom. The minimum Gasteiger partial charge on any atom is -0.355 e. The van der Waals surface area contributed by atoms with Crippen LogP contribution in [-0.4, -0.2) is 35.2 Å². The summed E-state index contributed by atoms with van der Waals surface area (Å²) >= 11 is 0. The Labute approximate surface area is 139 Å². The fraction of sp³-hybridized carbons (Fsp3) is 0.722. The van der Waals surface area contributed by atoms with Crippen LogP contribution >= 0.6 is 0 Å². The highest BCUT2D eigenvalue weighted by Crippen LogP contribution is 2.23. The van der Waals surface area contributed by atoms with Crippen molar-refractivity contribution in [1.82, 2.24) is 15.5 Å². The van der Waals surface area contributed by atoms with Crippen LogP contribution in [0.2, 0.25) is 0 Å². The van der Waals surface area contributed by atoms with Gasteiger partial charge in [0.25, 0.3) is 0 Å². The Morgan fingerprint density at radius 3 is 2.13 bits per heavy atom. The number of carbonyl (C=O) groups is 1. The molecular formula is C18H30N4O. The number of hydrogen-bond donors (Lipinski definition) is 1. The van der Waals surface area contributed by atoms with Crippen molar-refractivity contribution in [3.63, 3.8) is 0 Å². The second-order valence-electron chi connectivity index (χ2n) is 8.51. The van der Waals surface area contributed by atoms with Gasteiger partial charge >= 0.3 is 0 Å². The summed E-state index contributed by atoms with van der Waals surface area (Å²) in [6.07, 6.45) is 1.90. The molecule has 0 spiro atoms.